The van der Waals surface area contributed by atoms with Crippen LogP contribution in [0.3, 0.4) is 0 Å². The zero-order chi connectivity index (χ0) is 10.2. The summed E-state index contributed by atoms with van der Waals surface area (Å²) in [5.74, 6) is 4.09. The standard InChI is InChI=1S/2C4H5O.CH2.Pt/c2*1-3-4-5-2;;/h2*4H2,2H3;1H2;/q2*-1;;. The van der Waals surface area contributed by atoms with Gasteiger partial charge in [0.2, 0.25) is 0 Å². The molecule has 0 aromatic rings. The topological polar surface area (TPSA) is 18.5 Å². The third kappa shape index (κ3) is 54.8. The minimum absolute atomic E-state index is 0.306. The van der Waals surface area contributed by atoms with Crippen molar-refractivity contribution in [3.05, 3.63) is 12.8 Å². The molecule has 0 unspecified atom stereocenters. The SMILES string of the molecule is [C-]#CCOC.[C-]#CCOC.[CH2]=[Pt]. The van der Waals surface area contributed by atoms with Gasteiger partial charge in [-0.3, -0.25) is 0 Å². The van der Waals surface area contributed by atoms with E-state index in [-0.39, 0.29) is 0 Å². The molecule has 2 nitrogen and oxygen atoms in total. The Balaban J connectivity index is -0.000000112. The maximum atomic E-state index is 6.23. The van der Waals surface area contributed by atoms with Crippen LogP contribution < -0.4 is 0 Å². The Bertz CT molecular complexity index is 116. The summed E-state index contributed by atoms with van der Waals surface area (Å²) >= 11 is 1.89. The Morgan fingerprint density at radius 2 is 1.33 bits per heavy atom. The zero-order valence-electron chi connectivity index (χ0n) is 7.25. The Morgan fingerprint density at radius 3 is 1.33 bits per heavy atom. The van der Waals surface area contributed by atoms with Gasteiger partial charge in [-0.1, -0.05) is 0 Å². The molecule has 0 N–H and O–H groups in total. The van der Waals surface area contributed by atoms with Crippen LogP contribution in [0, 0.1) is 24.7 Å². The van der Waals surface area contributed by atoms with Crippen LogP contribution in [0.2, 0.25) is 0 Å². The van der Waals surface area contributed by atoms with Gasteiger partial charge >= 0.3 is 24.3 Å². The van der Waals surface area contributed by atoms with Crippen molar-refractivity contribution in [1.82, 2.24) is 0 Å². The first kappa shape index (κ1) is 17.6. The number of methoxy groups -OCH3 is 2. The van der Waals surface area contributed by atoms with Crippen molar-refractivity contribution < 1.29 is 28.8 Å². The molecule has 0 bridgehead atoms. The summed E-state index contributed by atoms with van der Waals surface area (Å²) in [7, 11) is 3.06. The van der Waals surface area contributed by atoms with E-state index in [0.29, 0.717) is 13.2 Å². The summed E-state index contributed by atoms with van der Waals surface area (Å²) in [5, 5.41) is 0. The molecule has 0 aliphatic carbocycles. The first-order chi connectivity index (χ1) is 5.83. The van der Waals surface area contributed by atoms with E-state index in [1.165, 1.54) is 14.2 Å². The molecule has 0 rings (SSSR count). The van der Waals surface area contributed by atoms with Crippen LogP contribution in [0.1, 0.15) is 0 Å². The Kier molecular flexibility index (Phi) is 45.7. The second-order valence-electron chi connectivity index (χ2n) is 1.22. The van der Waals surface area contributed by atoms with Crippen molar-refractivity contribution in [2.75, 3.05) is 27.4 Å². The summed E-state index contributed by atoms with van der Waals surface area (Å²) in [6, 6.07) is 0. The van der Waals surface area contributed by atoms with Gasteiger partial charge in [0.05, 0.1) is 13.2 Å². The van der Waals surface area contributed by atoms with Gasteiger partial charge in [-0.25, -0.2) is 0 Å². The first-order valence-electron chi connectivity index (χ1n) is 2.82. The molecule has 0 aliphatic heterocycles. The number of hydrogen-bond acceptors (Lipinski definition) is 2. The molecule has 0 spiro atoms. The number of rotatable bonds is 2. The Morgan fingerprint density at radius 1 is 1.08 bits per heavy atom. The molecule has 0 saturated heterocycles. The molecule has 72 valence electrons. The summed E-state index contributed by atoms with van der Waals surface area (Å²) in [6.07, 6.45) is 12.5. The summed E-state index contributed by atoms with van der Waals surface area (Å²) in [4.78, 5) is 3.22. The summed E-state index contributed by atoms with van der Waals surface area (Å²) in [5.41, 5.74) is 0. The number of ether oxygens (including phenoxy) is 2. The van der Waals surface area contributed by atoms with E-state index in [9.17, 15) is 0 Å². The fourth-order valence-electron chi connectivity index (χ4n) is 0.144. The van der Waals surface area contributed by atoms with Gasteiger partial charge in [0.25, 0.3) is 0 Å². The molecule has 0 radical (unpaired) electrons. The van der Waals surface area contributed by atoms with Crippen molar-refractivity contribution >= 4 is 4.90 Å². The molecule has 0 aromatic carbocycles. The van der Waals surface area contributed by atoms with E-state index in [1.54, 1.807) is 0 Å². The molecule has 12 heavy (non-hydrogen) atoms. The van der Waals surface area contributed by atoms with Crippen molar-refractivity contribution in [2.45, 2.75) is 0 Å². The third-order valence-corrected chi connectivity index (χ3v) is 0.433. The number of hydrogen-bond donors (Lipinski definition) is 0. The predicted molar refractivity (Wildman–Crippen MR) is 45.1 cm³/mol. The minimum atomic E-state index is 0.306. The van der Waals surface area contributed by atoms with Crippen LogP contribution in [0.5, 0.6) is 0 Å². The van der Waals surface area contributed by atoms with Gasteiger partial charge in [-0.2, -0.15) is 0 Å². The van der Waals surface area contributed by atoms with Gasteiger partial charge in [-0.15, -0.1) is 0 Å². The predicted octanol–water partition coefficient (Wildman–Crippen LogP) is 0.410. The van der Waals surface area contributed by atoms with Gasteiger partial charge in [0, 0.05) is 14.2 Å². The second-order valence-corrected chi connectivity index (χ2v) is 1.22. The van der Waals surface area contributed by atoms with Crippen LogP contribution in [0.15, 0.2) is 0 Å². The molecule has 0 atom stereocenters. The van der Waals surface area contributed by atoms with E-state index in [2.05, 4.69) is 14.4 Å². The molecule has 0 amide bonds. The van der Waals surface area contributed by atoms with E-state index in [1.807, 2.05) is 31.2 Å². The van der Waals surface area contributed by atoms with Crippen molar-refractivity contribution in [2.24, 2.45) is 0 Å². The van der Waals surface area contributed by atoms with Crippen molar-refractivity contribution in [3.8, 4) is 11.8 Å². The van der Waals surface area contributed by atoms with Crippen molar-refractivity contribution in [3.63, 3.8) is 0 Å². The monoisotopic (exact) mass is 347 g/mol. The van der Waals surface area contributed by atoms with Crippen LogP contribution in [-0.4, -0.2) is 32.3 Å². The van der Waals surface area contributed by atoms with Crippen LogP contribution in [-0.2, 0) is 28.8 Å². The van der Waals surface area contributed by atoms with E-state index in [0.717, 1.165) is 0 Å². The van der Waals surface area contributed by atoms with E-state index >= 15 is 0 Å². The van der Waals surface area contributed by atoms with Gasteiger partial charge in [0.15, 0.2) is 0 Å². The average molecular weight is 347 g/mol. The van der Waals surface area contributed by atoms with Gasteiger partial charge in [0.1, 0.15) is 0 Å². The third-order valence-electron chi connectivity index (χ3n) is 0.433. The van der Waals surface area contributed by atoms with Gasteiger partial charge < -0.3 is 34.2 Å². The maximum absolute atomic E-state index is 6.23. The molecule has 0 aromatic heterocycles. The fraction of sp³-hybridized carbons (Fsp3) is 0.444. The van der Waals surface area contributed by atoms with Crippen LogP contribution >= 0.6 is 0 Å². The Labute approximate surface area is 86.0 Å². The summed E-state index contributed by atoms with van der Waals surface area (Å²) in [6.45, 7) is 0.611. The van der Waals surface area contributed by atoms with Crippen molar-refractivity contribution in [1.29, 1.82) is 0 Å². The molecule has 0 saturated carbocycles. The molecular weight excluding hydrogens is 335 g/mol. The molecule has 0 aliphatic rings. The second kappa shape index (κ2) is 31.2. The molecule has 0 heterocycles. The fourth-order valence-corrected chi connectivity index (χ4v) is 0.144. The molecule has 3 heteroatoms. The quantitative estimate of drug-likeness (QED) is 0.532. The summed E-state index contributed by atoms with van der Waals surface area (Å²) < 4.78 is 8.78. The molecule has 0 fully saturated rings. The van der Waals surface area contributed by atoms with Crippen LogP contribution in [0.25, 0.3) is 0 Å². The zero-order valence-corrected chi connectivity index (χ0v) is 9.53. The van der Waals surface area contributed by atoms with E-state index in [4.69, 9.17) is 12.8 Å². The van der Waals surface area contributed by atoms with Gasteiger partial charge in [-0.05, 0) is 0 Å². The average Bonchev–Trinajstić information content (AvgIpc) is 2.12. The van der Waals surface area contributed by atoms with Crippen LogP contribution in [0.4, 0.5) is 0 Å². The molecular formula is C9H12O2Pt-2. The Hall–Kier alpha value is -0.402. The van der Waals surface area contributed by atoms with E-state index < -0.39 is 0 Å². The first-order valence-corrected chi connectivity index (χ1v) is 4.43. The normalized spacial score (nSPS) is 5.83.